The molecule has 0 saturated heterocycles. The fourth-order valence-corrected chi connectivity index (χ4v) is 4.50. The summed E-state index contributed by atoms with van der Waals surface area (Å²) in [6.45, 7) is 7.62. The summed E-state index contributed by atoms with van der Waals surface area (Å²) in [6.07, 6.45) is 1.07. The molecule has 1 heterocycles. The Morgan fingerprint density at radius 3 is 2.49 bits per heavy atom. The van der Waals surface area contributed by atoms with Gasteiger partial charge >= 0.3 is 0 Å². The first-order valence-corrected chi connectivity index (χ1v) is 11.9. The molecule has 0 aromatic heterocycles. The van der Waals surface area contributed by atoms with E-state index in [9.17, 15) is 14.4 Å². The number of nitrogens with two attached hydrogens (primary N) is 1. The maximum Gasteiger partial charge on any atom is 0.272 e. The summed E-state index contributed by atoms with van der Waals surface area (Å²) in [5.41, 5.74) is 8.24. The standard InChI is InChI=1S/C27H31ClN4O3/c1-5-9-19(24(29)33)20(14-16(2)3)26(34)31-25-27(35)32(4)22-13-12-18(28)15-21(22)23(30-25)17-10-7-6-8-11-17/h5-8,10-13,15-16,19-20,25H,1,9,14H2,2-4H3,(H2,29,33)(H,31,34)/t19-,20?,25+/m0/s1. The van der Waals surface area contributed by atoms with Crippen molar-refractivity contribution in [2.24, 2.45) is 28.5 Å². The van der Waals surface area contributed by atoms with Crippen LogP contribution in [0.15, 0.2) is 66.2 Å². The van der Waals surface area contributed by atoms with Gasteiger partial charge in [-0.15, -0.1) is 6.58 Å². The Morgan fingerprint density at radius 2 is 1.89 bits per heavy atom. The van der Waals surface area contributed by atoms with Gasteiger partial charge in [-0.05, 0) is 37.0 Å². The number of aliphatic imine (C=N–C) groups is 1. The van der Waals surface area contributed by atoms with E-state index in [1.807, 2.05) is 44.2 Å². The van der Waals surface area contributed by atoms with Crippen molar-refractivity contribution in [1.82, 2.24) is 5.32 Å². The van der Waals surface area contributed by atoms with E-state index in [1.165, 1.54) is 4.90 Å². The van der Waals surface area contributed by atoms with Gasteiger partial charge < -0.3 is 16.0 Å². The predicted molar refractivity (Wildman–Crippen MR) is 139 cm³/mol. The van der Waals surface area contributed by atoms with Crippen molar-refractivity contribution in [2.45, 2.75) is 32.9 Å². The largest absolute Gasteiger partial charge is 0.369 e. The third kappa shape index (κ3) is 5.98. The van der Waals surface area contributed by atoms with Crippen LogP contribution in [-0.4, -0.2) is 36.6 Å². The van der Waals surface area contributed by atoms with Crippen molar-refractivity contribution in [2.75, 3.05) is 11.9 Å². The number of halogens is 1. The molecule has 0 fully saturated rings. The highest BCUT2D eigenvalue weighted by atomic mass is 35.5. The van der Waals surface area contributed by atoms with Crippen molar-refractivity contribution < 1.29 is 14.4 Å². The molecule has 0 aliphatic carbocycles. The van der Waals surface area contributed by atoms with Gasteiger partial charge in [-0.2, -0.15) is 0 Å². The highest BCUT2D eigenvalue weighted by molar-refractivity contribution is 6.32. The zero-order valence-corrected chi connectivity index (χ0v) is 21.0. The zero-order chi connectivity index (χ0) is 25.7. The number of likely N-dealkylation sites (N-methyl/N-ethyl adjacent to an activating group) is 1. The number of allylic oxidation sites excluding steroid dienone is 1. The first kappa shape index (κ1) is 26.2. The summed E-state index contributed by atoms with van der Waals surface area (Å²) in [7, 11) is 1.63. The van der Waals surface area contributed by atoms with Crippen molar-refractivity contribution in [1.29, 1.82) is 0 Å². The van der Waals surface area contributed by atoms with Crippen LogP contribution in [-0.2, 0) is 14.4 Å². The number of amides is 3. The minimum absolute atomic E-state index is 0.125. The van der Waals surface area contributed by atoms with Crippen LogP contribution >= 0.6 is 11.6 Å². The van der Waals surface area contributed by atoms with Gasteiger partial charge in [0.25, 0.3) is 5.91 Å². The number of carbonyl (C=O) groups excluding carboxylic acids is 3. The topological polar surface area (TPSA) is 105 Å². The van der Waals surface area contributed by atoms with Gasteiger partial charge in [0.05, 0.1) is 23.2 Å². The maximum absolute atomic E-state index is 13.5. The maximum atomic E-state index is 13.5. The highest BCUT2D eigenvalue weighted by Crippen LogP contribution is 2.30. The molecule has 3 amide bonds. The lowest BCUT2D eigenvalue weighted by Crippen LogP contribution is -2.50. The Morgan fingerprint density at radius 1 is 1.20 bits per heavy atom. The molecule has 1 aliphatic rings. The lowest BCUT2D eigenvalue weighted by Gasteiger charge is -2.27. The van der Waals surface area contributed by atoms with Crippen molar-refractivity contribution >= 4 is 40.7 Å². The van der Waals surface area contributed by atoms with Crippen LogP contribution in [0.3, 0.4) is 0 Å². The van der Waals surface area contributed by atoms with E-state index < -0.39 is 35.7 Å². The van der Waals surface area contributed by atoms with E-state index in [0.29, 0.717) is 28.4 Å². The van der Waals surface area contributed by atoms with E-state index in [2.05, 4.69) is 11.9 Å². The minimum Gasteiger partial charge on any atom is -0.369 e. The number of hydrogen-bond donors (Lipinski definition) is 2. The summed E-state index contributed by atoms with van der Waals surface area (Å²) < 4.78 is 0. The van der Waals surface area contributed by atoms with E-state index in [4.69, 9.17) is 22.3 Å². The van der Waals surface area contributed by atoms with Gasteiger partial charge in [-0.25, -0.2) is 4.99 Å². The first-order chi connectivity index (χ1) is 16.6. The molecule has 0 saturated carbocycles. The van der Waals surface area contributed by atoms with Crippen LogP contribution in [0.4, 0.5) is 5.69 Å². The zero-order valence-electron chi connectivity index (χ0n) is 20.2. The summed E-state index contributed by atoms with van der Waals surface area (Å²) in [5, 5.41) is 3.30. The predicted octanol–water partition coefficient (Wildman–Crippen LogP) is 3.94. The van der Waals surface area contributed by atoms with Crippen molar-refractivity contribution in [3.05, 3.63) is 77.3 Å². The number of anilines is 1. The number of carbonyl (C=O) groups is 3. The second-order valence-electron chi connectivity index (χ2n) is 9.08. The number of primary amides is 1. The smallest absolute Gasteiger partial charge is 0.272 e. The fourth-order valence-electron chi connectivity index (χ4n) is 4.33. The molecule has 3 N–H and O–H groups in total. The van der Waals surface area contributed by atoms with E-state index in [1.54, 1.807) is 31.3 Å². The van der Waals surface area contributed by atoms with Crippen LogP contribution in [0.25, 0.3) is 0 Å². The molecule has 8 heteroatoms. The van der Waals surface area contributed by atoms with Gasteiger partial charge in [0, 0.05) is 23.2 Å². The summed E-state index contributed by atoms with van der Waals surface area (Å²) >= 11 is 6.29. The number of benzodiazepines with no additional fused rings is 1. The average Bonchev–Trinajstić information content (AvgIpc) is 2.91. The fraction of sp³-hybridized carbons (Fsp3) is 0.333. The van der Waals surface area contributed by atoms with Crippen LogP contribution in [0, 0.1) is 17.8 Å². The molecular formula is C27H31ClN4O3. The number of hydrogen-bond acceptors (Lipinski definition) is 4. The Kier molecular flexibility index (Phi) is 8.46. The number of nitrogens with zero attached hydrogens (tertiary/aromatic N) is 2. The van der Waals surface area contributed by atoms with Crippen LogP contribution in [0.5, 0.6) is 0 Å². The molecule has 2 aromatic rings. The Bertz CT molecular complexity index is 1150. The van der Waals surface area contributed by atoms with Crippen LogP contribution < -0.4 is 16.0 Å². The first-order valence-electron chi connectivity index (χ1n) is 11.5. The third-order valence-corrected chi connectivity index (χ3v) is 6.29. The number of benzene rings is 2. The number of nitrogens with one attached hydrogen (secondary N) is 1. The second-order valence-corrected chi connectivity index (χ2v) is 9.52. The molecule has 2 aromatic carbocycles. The van der Waals surface area contributed by atoms with Crippen molar-refractivity contribution in [3.63, 3.8) is 0 Å². The molecule has 1 unspecified atom stereocenters. The van der Waals surface area contributed by atoms with Gasteiger partial charge in [0.1, 0.15) is 0 Å². The molecule has 35 heavy (non-hydrogen) atoms. The number of fused-ring (bicyclic) bond motifs is 1. The van der Waals surface area contributed by atoms with Crippen molar-refractivity contribution in [3.8, 4) is 0 Å². The average molecular weight is 495 g/mol. The molecular weight excluding hydrogens is 464 g/mol. The van der Waals surface area contributed by atoms with Gasteiger partial charge in [-0.1, -0.05) is 61.9 Å². The molecule has 3 atom stereocenters. The van der Waals surface area contributed by atoms with E-state index >= 15 is 0 Å². The van der Waals surface area contributed by atoms with Crippen LogP contribution in [0.1, 0.15) is 37.8 Å². The molecule has 3 rings (SSSR count). The normalized spacial score (nSPS) is 17.2. The van der Waals surface area contributed by atoms with Crippen LogP contribution in [0.2, 0.25) is 5.02 Å². The summed E-state index contributed by atoms with van der Waals surface area (Å²) in [6, 6.07) is 14.6. The molecule has 1 aliphatic heterocycles. The van der Waals surface area contributed by atoms with E-state index in [0.717, 1.165) is 5.56 Å². The summed E-state index contributed by atoms with van der Waals surface area (Å²) in [4.78, 5) is 45.3. The monoisotopic (exact) mass is 494 g/mol. The highest BCUT2D eigenvalue weighted by Gasteiger charge is 2.36. The lowest BCUT2D eigenvalue weighted by molar-refractivity contribution is -0.135. The van der Waals surface area contributed by atoms with Gasteiger partial charge in [0.2, 0.25) is 18.0 Å². The van der Waals surface area contributed by atoms with Gasteiger partial charge in [0.15, 0.2) is 0 Å². The SMILES string of the molecule is C=CC[C@H](C(N)=O)C(CC(C)C)C(=O)N[C@H]1N=C(c2ccccc2)c2cc(Cl)ccc2N(C)C1=O. The molecule has 7 nitrogen and oxygen atoms in total. The molecule has 0 bridgehead atoms. The summed E-state index contributed by atoms with van der Waals surface area (Å²) in [5.74, 6) is -2.77. The Labute approximate surface area is 211 Å². The second kappa shape index (κ2) is 11.3. The Balaban J connectivity index is 2.06. The third-order valence-electron chi connectivity index (χ3n) is 6.06. The lowest BCUT2D eigenvalue weighted by atomic mass is 9.82. The number of rotatable bonds is 9. The molecule has 184 valence electrons. The quantitative estimate of drug-likeness (QED) is 0.516. The minimum atomic E-state index is -1.19. The Hall–Kier alpha value is -3.45. The van der Waals surface area contributed by atoms with E-state index in [-0.39, 0.29) is 12.3 Å². The molecule has 0 radical (unpaired) electrons. The molecule has 0 spiro atoms. The van der Waals surface area contributed by atoms with Gasteiger partial charge in [-0.3, -0.25) is 14.4 Å².